The van der Waals surface area contributed by atoms with E-state index in [-0.39, 0.29) is 0 Å². The van der Waals surface area contributed by atoms with Crippen LogP contribution in [0.1, 0.15) is 5.56 Å². The van der Waals surface area contributed by atoms with Crippen molar-refractivity contribution in [3.8, 4) is 0 Å². The van der Waals surface area contributed by atoms with Crippen molar-refractivity contribution in [3.05, 3.63) is 24.0 Å². The number of amides is 1. The van der Waals surface area contributed by atoms with Crippen LogP contribution < -0.4 is 5.32 Å². The van der Waals surface area contributed by atoms with Gasteiger partial charge in [-0.3, -0.25) is 5.32 Å². The number of nitrogens with one attached hydrogen (secondary N) is 1. The van der Waals surface area contributed by atoms with Crippen molar-refractivity contribution >= 4 is 22.8 Å². The summed E-state index contributed by atoms with van der Waals surface area (Å²) in [5.41, 5.74) is 2.09. The van der Waals surface area contributed by atoms with Gasteiger partial charge in [0.2, 0.25) is 0 Å². The molecule has 1 amide bonds. The molecule has 15 heavy (non-hydrogen) atoms. The first kappa shape index (κ1) is 9.51. The van der Waals surface area contributed by atoms with Gasteiger partial charge < -0.3 is 9.67 Å². The molecule has 0 aliphatic heterocycles. The zero-order chi connectivity index (χ0) is 11.0. The minimum absolute atomic E-state index is 0.344. The van der Waals surface area contributed by atoms with Gasteiger partial charge in [0.15, 0.2) is 0 Å². The maximum atomic E-state index is 10.4. The molecule has 2 N–H and O–H groups in total. The average molecular weight is 205 g/mol. The third kappa shape index (κ3) is 1.63. The summed E-state index contributed by atoms with van der Waals surface area (Å²) in [6.07, 6.45) is 2.56. The molecule has 0 atom stereocenters. The highest BCUT2D eigenvalue weighted by atomic mass is 16.4. The van der Waals surface area contributed by atoms with E-state index in [2.05, 4.69) is 10.3 Å². The second kappa shape index (κ2) is 3.27. The van der Waals surface area contributed by atoms with Gasteiger partial charge in [0.1, 0.15) is 5.82 Å². The van der Waals surface area contributed by atoms with Crippen molar-refractivity contribution < 1.29 is 9.90 Å². The van der Waals surface area contributed by atoms with E-state index < -0.39 is 6.09 Å². The fourth-order valence-corrected chi connectivity index (χ4v) is 1.65. The fourth-order valence-electron chi connectivity index (χ4n) is 1.65. The lowest BCUT2D eigenvalue weighted by atomic mass is 10.2. The molecular weight excluding hydrogens is 194 g/mol. The maximum Gasteiger partial charge on any atom is 0.410 e. The summed E-state index contributed by atoms with van der Waals surface area (Å²) in [6.45, 7) is 1.99. The summed E-state index contributed by atoms with van der Waals surface area (Å²) in [5, 5.41) is 11.8. The van der Waals surface area contributed by atoms with Crippen molar-refractivity contribution in [1.82, 2.24) is 9.55 Å². The summed E-state index contributed by atoms with van der Waals surface area (Å²) < 4.78 is 1.94. The standard InChI is InChI=1S/C10H11N3O2/c1-6-5-13(2)8-3-9(12-10(14)15)11-4-7(6)8/h3-5H,1-2H3,(H,11,12)(H,14,15). The molecule has 2 aromatic rings. The first-order valence-corrected chi connectivity index (χ1v) is 4.49. The molecule has 0 saturated heterocycles. The minimum Gasteiger partial charge on any atom is -0.465 e. The highest BCUT2D eigenvalue weighted by molar-refractivity contribution is 5.88. The Hall–Kier alpha value is -2.04. The SMILES string of the molecule is Cc1cn(C)c2cc(NC(=O)O)ncc12. The minimum atomic E-state index is -1.10. The Kier molecular flexibility index (Phi) is 2.07. The van der Waals surface area contributed by atoms with Crippen molar-refractivity contribution in [1.29, 1.82) is 0 Å². The van der Waals surface area contributed by atoms with Gasteiger partial charge in [0.25, 0.3) is 0 Å². The van der Waals surface area contributed by atoms with Crippen molar-refractivity contribution in [2.45, 2.75) is 6.92 Å². The molecule has 78 valence electrons. The van der Waals surface area contributed by atoms with E-state index in [1.807, 2.05) is 24.7 Å². The molecule has 5 nitrogen and oxygen atoms in total. The van der Waals surface area contributed by atoms with Crippen LogP contribution in [0.3, 0.4) is 0 Å². The van der Waals surface area contributed by atoms with Gasteiger partial charge in [-0.05, 0) is 12.5 Å². The van der Waals surface area contributed by atoms with Gasteiger partial charge in [0.05, 0.1) is 5.52 Å². The van der Waals surface area contributed by atoms with Crippen molar-refractivity contribution in [2.24, 2.45) is 7.05 Å². The van der Waals surface area contributed by atoms with Gasteiger partial charge in [-0.25, -0.2) is 9.78 Å². The second-order valence-corrected chi connectivity index (χ2v) is 3.44. The van der Waals surface area contributed by atoms with Crippen LogP contribution in [0, 0.1) is 6.92 Å². The molecule has 0 spiro atoms. The van der Waals surface area contributed by atoms with Crippen molar-refractivity contribution in [2.75, 3.05) is 5.32 Å². The van der Waals surface area contributed by atoms with Gasteiger partial charge in [-0.15, -0.1) is 0 Å². The smallest absolute Gasteiger partial charge is 0.410 e. The first-order valence-electron chi connectivity index (χ1n) is 4.49. The molecular formula is C10H11N3O2. The molecule has 0 aliphatic carbocycles. The Morgan fingerprint density at radius 1 is 1.60 bits per heavy atom. The van der Waals surface area contributed by atoms with Crippen LogP contribution in [-0.4, -0.2) is 20.8 Å². The number of fused-ring (bicyclic) bond motifs is 1. The average Bonchev–Trinajstić information content (AvgIpc) is 2.41. The Morgan fingerprint density at radius 2 is 2.33 bits per heavy atom. The molecule has 2 aromatic heterocycles. The largest absolute Gasteiger partial charge is 0.465 e. The third-order valence-electron chi connectivity index (χ3n) is 2.31. The molecule has 5 heteroatoms. The number of anilines is 1. The molecule has 0 unspecified atom stereocenters. The number of nitrogens with zero attached hydrogens (tertiary/aromatic N) is 2. The van der Waals surface area contributed by atoms with Gasteiger partial charge in [-0.2, -0.15) is 0 Å². The molecule has 0 fully saturated rings. The van der Waals surface area contributed by atoms with E-state index in [4.69, 9.17) is 5.11 Å². The summed E-state index contributed by atoms with van der Waals surface area (Å²) in [5.74, 6) is 0.344. The van der Waals surface area contributed by atoms with E-state index in [0.29, 0.717) is 5.82 Å². The van der Waals surface area contributed by atoms with E-state index in [1.54, 1.807) is 12.3 Å². The summed E-state index contributed by atoms with van der Waals surface area (Å²) in [6, 6.07) is 1.72. The third-order valence-corrected chi connectivity index (χ3v) is 2.31. The molecule has 0 aliphatic rings. The van der Waals surface area contributed by atoms with Crippen LogP contribution in [-0.2, 0) is 7.05 Å². The molecule has 0 bridgehead atoms. The first-order chi connectivity index (χ1) is 7.08. The van der Waals surface area contributed by atoms with Gasteiger partial charge in [-0.1, -0.05) is 0 Å². The summed E-state index contributed by atoms with van der Waals surface area (Å²) in [7, 11) is 1.92. The molecule has 0 aromatic carbocycles. The maximum absolute atomic E-state index is 10.4. The van der Waals surface area contributed by atoms with Crippen LogP contribution in [0.2, 0.25) is 0 Å². The van der Waals surface area contributed by atoms with Crippen LogP contribution in [0.5, 0.6) is 0 Å². The fraction of sp³-hybridized carbons (Fsp3) is 0.200. The van der Waals surface area contributed by atoms with Gasteiger partial charge >= 0.3 is 6.09 Å². The summed E-state index contributed by atoms with van der Waals surface area (Å²) >= 11 is 0. The number of aromatic nitrogens is 2. The van der Waals surface area contributed by atoms with E-state index in [0.717, 1.165) is 16.5 Å². The predicted octanol–water partition coefficient (Wildman–Crippen LogP) is 1.97. The lowest BCUT2D eigenvalue weighted by Gasteiger charge is -2.01. The molecule has 2 rings (SSSR count). The summed E-state index contributed by atoms with van der Waals surface area (Å²) in [4.78, 5) is 14.5. The number of carboxylic acid groups (broad SMARTS) is 1. The van der Waals surface area contributed by atoms with Crippen molar-refractivity contribution in [3.63, 3.8) is 0 Å². The lowest BCUT2D eigenvalue weighted by Crippen LogP contribution is -2.08. The monoisotopic (exact) mass is 205 g/mol. The molecule has 0 radical (unpaired) electrons. The number of rotatable bonds is 1. The Bertz CT molecular complexity index is 531. The Labute approximate surface area is 86.4 Å². The van der Waals surface area contributed by atoms with Crippen LogP contribution in [0.4, 0.5) is 10.6 Å². The van der Waals surface area contributed by atoms with E-state index in [9.17, 15) is 4.79 Å². The quantitative estimate of drug-likeness (QED) is 0.747. The molecule has 0 saturated carbocycles. The number of pyridine rings is 1. The Balaban J connectivity index is 2.55. The number of aryl methyl sites for hydroxylation is 2. The highest BCUT2D eigenvalue weighted by Gasteiger charge is 2.06. The zero-order valence-electron chi connectivity index (χ0n) is 8.48. The number of hydrogen-bond donors (Lipinski definition) is 2. The van der Waals surface area contributed by atoms with Crippen LogP contribution in [0.15, 0.2) is 18.5 Å². The predicted molar refractivity (Wildman–Crippen MR) is 57.1 cm³/mol. The molecule has 2 heterocycles. The topological polar surface area (TPSA) is 67.2 Å². The lowest BCUT2D eigenvalue weighted by molar-refractivity contribution is 0.209. The number of hydrogen-bond acceptors (Lipinski definition) is 2. The van der Waals surface area contributed by atoms with E-state index >= 15 is 0 Å². The van der Waals surface area contributed by atoms with Gasteiger partial charge in [0, 0.05) is 30.9 Å². The number of carbonyl (C=O) groups is 1. The zero-order valence-corrected chi connectivity index (χ0v) is 8.48. The van der Waals surface area contributed by atoms with Crippen LogP contribution in [0.25, 0.3) is 10.9 Å². The second-order valence-electron chi connectivity index (χ2n) is 3.44. The highest BCUT2D eigenvalue weighted by Crippen LogP contribution is 2.21. The van der Waals surface area contributed by atoms with E-state index in [1.165, 1.54) is 0 Å². The normalized spacial score (nSPS) is 10.5. The van der Waals surface area contributed by atoms with Crippen LogP contribution >= 0.6 is 0 Å². The Morgan fingerprint density at radius 3 is 3.00 bits per heavy atom.